The van der Waals surface area contributed by atoms with Crippen LogP contribution < -0.4 is 0 Å². The number of benzene rings is 11. The van der Waals surface area contributed by atoms with E-state index >= 15 is 0 Å². The first-order valence-electron chi connectivity index (χ1n) is 26.2. The van der Waals surface area contributed by atoms with Gasteiger partial charge in [-0.25, -0.2) is 4.85 Å². The van der Waals surface area contributed by atoms with E-state index in [-0.39, 0.29) is 0 Å². The SMILES string of the molecule is [C-]#[N+]c1ccc(-c2cc(-c3ccc(C#N)cc3C)ccc2-n2c3ccc(-c4ccccc4C)cc3c3cc(-c4ccccc4C)ccc32)c(-n2c3ccc(-c4ccccc4C)cc3c3cc(-c4ccccc4C)ccc32)c1. The highest BCUT2D eigenvalue weighted by atomic mass is 15.0. The van der Waals surface area contributed by atoms with E-state index in [2.05, 4.69) is 261 Å². The van der Waals surface area contributed by atoms with Crippen LogP contribution in [0.3, 0.4) is 0 Å². The summed E-state index contributed by atoms with van der Waals surface area (Å²) in [5.41, 5.74) is 26.8. The molecule has 0 fully saturated rings. The molecule has 0 saturated heterocycles. The number of hydrogen-bond donors (Lipinski definition) is 0. The van der Waals surface area contributed by atoms with Crippen LogP contribution in [0.4, 0.5) is 5.69 Å². The Morgan fingerprint density at radius 1 is 0.325 bits per heavy atom. The van der Waals surface area contributed by atoms with Gasteiger partial charge in [-0.15, -0.1) is 0 Å². The first kappa shape index (κ1) is 46.8. The highest BCUT2D eigenvalue weighted by Crippen LogP contribution is 2.46. The van der Waals surface area contributed by atoms with Gasteiger partial charge in [0.2, 0.25) is 0 Å². The summed E-state index contributed by atoms with van der Waals surface area (Å²) in [7, 11) is 0. The van der Waals surface area contributed by atoms with Gasteiger partial charge in [-0.1, -0.05) is 146 Å². The summed E-state index contributed by atoms with van der Waals surface area (Å²) in [6, 6.07) is 83.3. The van der Waals surface area contributed by atoms with Gasteiger partial charge in [0.05, 0.1) is 46.0 Å². The molecule has 0 aliphatic carbocycles. The average molecular weight is 985 g/mol. The topological polar surface area (TPSA) is 38.0 Å². The van der Waals surface area contributed by atoms with E-state index in [1.54, 1.807) is 0 Å². The maximum Gasteiger partial charge on any atom is 0.189 e. The van der Waals surface area contributed by atoms with E-state index in [0.29, 0.717) is 11.3 Å². The fourth-order valence-electron chi connectivity index (χ4n) is 12.0. The predicted molar refractivity (Wildman–Crippen MR) is 322 cm³/mol. The van der Waals surface area contributed by atoms with Gasteiger partial charge in [0.1, 0.15) is 0 Å². The van der Waals surface area contributed by atoms with E-state index < -0.39 is 0 Å². The molecule has 0 N–H and O–H groups in total. The van der Waals surface area contributed by atoms with Crippen molar-refractivity contribution < 1.29 is 0 Å². The van der Waals surface area contributed by atoms with Crippen LogP contribution in [-0.4, -0.2) is 9.13 Å². The monoisotopic (exact) mass is 984 g/mol. The summed E-state index contributed by atoms with van der Waals surface area (Å²) in [4.78, 5) is 4.09. The lowest BCUT2D eigenvalue weighted by molar-refractivity contribution is 1.16. The van der Waals surface area contributed by atoms with Crippen molar-refractivity contribution in [3.05, 3.63) is 269 Å². The van der Waals surface area contributed by atoms with Gasteiger partial charge in [-0.3, -0.25) is 0 Å². The van der Waals surface area contributed by atoms with Crippen LogP contribution in [0.5, 0.6) is 0 Å². The van der Waals surface area contributed by atoms with Crippen LogP contribution in [0.2, 0.25) is 0 Å². The molecule has 13 rings (SSSR count). The number of aryl methyl sites for hydroxylation is 5. The number of hydrogen-bond acceptors (Lipinski definition) is 1. The molecular weight excluding hydrogens is 933 g/mol. The Morgan fingerprint density at radius 3 is 1.08 bits per heavy atom. The first-order valence-corrected chi connectivity index (χ1v) is 26.2. The van der Waals surface area contributed by atoms with Crippen molar-refractivity contribution in [1.29, 1.82) is 5.26 Å². The van der Waals surface area contributed by atoms with Crippen molar-refractivity contribution in [2.24, 2.45) is 0 Å². The fraction of sp³-hybridized carbons (Fsp3) is 0.0685. The molecule has 0 spiro atoms. The third kappa shape index (κ3) is 7.90. The number of nitriles is 1. The van der Waals surface area contributed by atoms with Gasteiger partial charge in [0.25, 0.3) is 0 Å². The number of nitrogens with zero attached hydrogens (tertiary/aromatic N) is 4. The molecule has 0 amide bonds. The van der Waals surface area contributed by atoms with Crippen LogP contribution in [-0.2, 0) is 0 Å². The maximum absolute atomic E-state index is 9.93. The molecule has 13 aromatic rings. The molecule has 0 radical (unpaired) electrons. The minimum Gasteiger partial charge on any atom is -0.310 e. The third-order valence-corrected chi connectivity index (χ3v) is 15.9. The lowest BCUT2D eigenvalue weighted by Gasteiger charge is -2.21. The second kappa shape index (κ2) is 18.7. The van der Waals surface area contributed by atoms with Crippen molar-refractivity contribution >= 4 is 49.3 Å². The van der Waals surface area contributed by atoms with Crippen molar-refractivity contribution in [1.82, 2.24) is 9.13 Å². The Morgan fingerprint density at radius 2 is 0.688 bits per heavy atom. The van der Waals surface area contributed by atoms with Gasteiger partial charge in [0.15, 0.2) is 5.69 Å². The molecule has 2 heterocycles. The molecule has 0 saturated carbocycles. The number of aromatic nitrogens is 2. The first-order chi connectivity index (χ1) is 37.6. The van der Waals surface area contributed by atoms with E-state index in [9.17, 15) is 5.26 Å². The molecule has 77 heavy (non-hydrogen) atoms. The molecule has 0 aliphatic rings. The molecule has 4 heteroatoms. The second-order valence-electron chi connectivity index (χ2n) is 20.5. The van der Waals surface area contributed by atoms with Crippen molar-refractivity contribution in [3.8, 4) is 84.2 Å². The molecule has 0 aliphatic heterocycles. The second-order valence-corrected chi connectivity index (χ2v) is 20.5. The highest BCUT2D eigenvalue weighted by Gasteiger charge is 2.24. The Kier molecular flexibility index (Phi) is 11.4. The van der Waals surface area contributed by atoms with E-state index in [1.165, 1.54) is 55.6 Å². The fourth-order valence-corrected chi connectivity index (χ4v) is 12.0. The maximum atomic E-state index is 9.93. The average Bonchev–Trinajstić information content (AvgIpc) is 4.19. The minimum absolute atomic E-state index is 0.553. The molecule has 11 aromatic carbocycles. The molecular formula is C73H52N4. The van der Waals surface area contributed by atoms with Crippen LogP contribution in [0.15, 0.2) is 224 Å². The van der Waals surface area contributed by atoms with Crippen LogP contribution in [0.1, 0.15) is 33.4 Å². The summed E-state index contributed by atoms with van der Waals surface area (Å²) >= 11 is 0. The Bertz CT molecular complexity index is 4450. The molecule has 4 nitrogen and oxygen atoms in total. The Labute approximate surface area is 449 Å². The van der Waals surface area contributed by atoms with E-state index in [0.717, 1.165) is 93.9 Å². The summed E-state index contributed by atoms with van der Waals surface area (Å²) in [5.74, 6) is 0. The van der Waals surface area contributed by atoms with Crippen LogP contribution in [0, 0.1) is 52.5 Å². The predicted octanol–water partition coefficient (Wildman–Crippen LogP) is 19.8. The van der Waals surface area contributed by atoms with Gasteiger partial charge >= 0.3 is 0 Å². The molecule has 0 atom stereocenters. The molecule has 2 aromatic heterocycles. The van der Waals surface area contributed by atoms with Gasteiger partial charge in [-0.05, 0) is 197 Å². The van der Waals surface area contributed by atoms with E-state index in [4.69, 9.17) is 6.57 Å². The zero-order chi connectivity index (χ0) is 52.5. The Hall–Kier alpha value is -10.0. The summed E-state index contributed by atoms with van der Waals surface area (Å²) < 4.78 is 4.83. The lowest BCUT2D eigenvalue weighted by atomic mass is 9.93. The van der Waals surface area contributed by atoms with Gasteiger partial charge < -0.3 is 9.13 Å². The van der Waals surface area contributed by atoms with Crippen molar-refractivity contribution in [2.45, 2.75) is 34.6 Å². The van der Waals surface area contributed by atoms with Crippen LogP contribution in [0.25, 0.3) is 127 Å². The third-order valence-electron chi connectivity index (χ3n) is 15.9. The normalized spacial score (nSPS) is 11.4. The van der Waals surface area contributed by atoms with Gasteiger partial charge in [0, 0.05) is 38.4 Å². The zero-order valence-electron chi connectivity index (χ0n) is 43.7. The summed E-state index contributed by atoms with van der Waals surface area (Å²) in [6.07, 6.45) is 0. The van der Waals surface area contributed by atoms with Crippen molar-refractivity contribution in [3.63, 3.8) is 0 Å². The number of fused-ring (bicyclic) bond motifs is 6. The largest absolute Gasteiger partial charge is 0.310 e. The van der Waals surface area contributed by atoms with E-state index in [1.807, 2.05) is 18.2 Å². The lowest BCUT2D eigenvalue weighted by Crippen LogP contribution is -2.02. The van der Waals surface area contributed by atoms with Gasteiger partial charge in [-0.2, -0.15) is 5.26 Å². The zero-order valence-corrected chi connectivity index (χ0v) is 43.7. The molecule has 0 bridgehead atoms. The number of rotatable bonds is 8. The minimum atomic E-state index is 0.553. The van der Waals surface area contributed by atoms with Crippen LogP contribution >= 0.6 is 0 Å². The molecule has 364 valence electrons. The summed E-state index contributed by atoms with van der Waals surface area (Å²) in [5, 5.41) is 14.5. The Balaban J connectivity index is 1.13. The molecule has 0 unspecified atom stereocenters. The standard InChI is InChI=1S/C73H52N4/c1-45-15-7-11-19-57(45)51-24-33-69-64(39-51)65-40-52(58-20-12-8-16-46(58)2)25-34-70(65)76(69)68-32-28-55(61-30-23-50(44-74)37-49(61)5)38-63(68)62-31-29-56(75-6)43-73(62)77-71-35-26-53(59-21-13-9-17-47(59)3)41-66(71)67-42-54(27-36-72(67)77)60-22-14-10-18-48(60)4/h7-43H,1-5H3. The smallest absolute Gasteiger partial charge is 0.189 e. The highest BCUT2D eigenvalue weighted by molar-refractivity contribution is 6.14. The van der Waals surface area contributed by atoms with Crippen molar-refractivity contribution in [2.75, 3.05) is 0 Å². The summed E-state index contributed by atoms with van der Waals surface area (Å²) in [6.45, 7) is 19.3. The quantitative estimate of drug-likeness (QED) is 0.140.